The number of methoxy groups -OCH3 is 1. The fraction of sp³-hybridized carbons (Fsp3) is 0.489. The summed E-state index contributed by atoms with van der Waals surface area (Å²) in [5, 5.41) is 0. The molecule has 1 N–H and O–H groups in total. The first-order chi connectivity index (χ1) is 32.1. The second-order valence-corrected chi connectivity index (χ2v) is 27.6. The summed E-state index contributed by atoms with van der Waals surface area (Å²) in [6, 6.07) is 11.4. The van der Waals surface area contributed by atoms with Crippen molar-refractivity contribution in [3.63, 3.8) is 0 Å². The minimum atomic E-state index is -4.28. The van der Waals surface area contributed by atoms with Crippen LogP contribution in [-0.2, 0) is 72.7 Å². The third-order valence-electron chi connectivity index (χ3n) is 12.2. The van der Waals surface area contributed by atoms with Crippen molar-refractivity contribution in [2.75, 3.05) is 46.0 Å². The predicted octanol–water partition coefficient (Wildman–Crippen LogP) is 6.09. The van der Waals surface area contributed by atoms with Crippen LogP contribution < -0.4 is 10.3 Å². The van der Waals surface area contributed by atoms with E-state index in [9.17, 15) is 38.5 Å². The summed E-state index contributed by atoms with van der Waals surface area (Å²) < 4.78 is 122. The maximum Gasteiger partial charge on any atom is 0.267 e. The molecule has 6 heterocycles. The van der Waals surface area contributed by atoms with Crippen LogP contribution in [0.4, 0.5) is 0 Å². The van der Waals surface area contributed by atoms with Crippen LogP contribution in [0.1, 0.15) is 78.9 Å². The van der Waals surface area contributed by atoms with E-state index in [0.717, 1.165) is 125 Å². The summed E-state index contributed by atoms with van der Waals surface area (Å²) in [6.45, 7) is 16.9. The summed E-state index contributed by atoms with van der Waals surface area (Å²) in [5.41, 5.74) is 1.34. The van der Waals surface area contributed by atoms with Gasteiger partial charge in [-0.25, -0.2) is 48.6 Å². The minimum Gasteiger partial charge on any atom is -0.480 e. The normalized spacial score (nSPS) is 16.1. The zero-order valence-corrected chi connectivity index (χ0v) is 43.5. The molecule has 2 aromatic carbocycles. The lowest BCUT2D eigenvalue weighted by molar-refractivity contribution is 0.0610. The van der Waals surface area contributed by atoms with E-state index in [0.29, 0.717) is 22.9 Å². The summed E-state index contributed by atoms with van der Waals surface area (Å²) in [5.74, 6) is 2.46. The summed E-state index contributed by atoms with van der Waals surface area (Å²) in [7, 11) is -14.5. The van der Waals surface area contributed by atoms with Gasteiger partial charge in [-0.2, -0.15) is 0 Å². The number of nitrogens with one attached hydrogen (secondary N) is 1. The van der Waals surface area contributed by atoms with Gasteiger partial charge >= 0.3 is 0 Å². The molecule has 0 atom stereocenters. The Morgan fingerprint density at radius 2 is 1.04 bits per heavy atom. The fourth-order valence-corrected chi connectivity index (χ4v) is 12.6. The van der Waals surface area contributed by atoms with Gasteiger partial charge in [0.2, 0.25) is 25.6 Å². The third kappa shape index (κ3) is 11.1. The molecule has 0 saturated carbocycles. The van der Waals surface area contributed by atoms with Gasteiger partial charge in [0.05, 0.1) is 48.8 Å². The molecule has 6 aromatic rings. The third-order valence-corrected chi connectivity index (χ3v) is 17.9. The molecule has 8 rings (SSSR count). The van der Waals surface area contributed by atoms with Crippen molar-refractivity contribution in [3.05, 3.63) is 82.9 Å². The molecule has 2 fully saturated rings. The topological polar surface area (TPSA) is 246 Å². The zero-order chi connectivity index (χ0) is 50.5. The molecule has 0 unspecified atom stereocenters. The molecule has 0 amide bonds. The number of aromatic nitrogens is 6. The number of hydrogen-bond acceptors (Lipinski definition) is 15. The molecule has 69 heavy (non-hydrogen) atoms. The Hall–Kier alpha value is -5.00. The van der Waals surface area contributed by atoms with Crippen molar-refractivity contribution in [3.8, 4) is 5.88 Å². The van der Waals surface area contributed by atoms with Gasteiger partial charge in [0.15, 0.2) is 19.7 Å². The number of nitrogens with zero attached hydrogens (tertiary/aromatic N) is 5. The van der Waals surface area contributed by atoms with E-state index in [1.807, 2.05) is 0 Å². The smallest absolute Gasteiger partial charge is 0.267 e. The Morgan fingerprint density at radius 1 is 0.623 bits per heavy atom. The van der Waals surface area contributed by atoms with E-state index < -0.39 is 49.8 Å². The van der Waals surface area contributed by atoms with Crippen LogP contribution >= 0.6 is 0 Å². The minimum absolute atomic E-state index is 0.00748. The highest BCUT2D eigenvalue weighted by atomic mass is 32.2. The molecule has 2 aliphatic rings. The number of imidazole rings is 2. The van der Waals surface area contributed by atoms with E-state index in [2.05, 4.69) is 60.6 Å². The van der Waals surface area contributed by atoms with Crippen molar-refractivity contribution in [2.45, 2.75) is 121 Å². The summed E-state index contributed by atoms with van der Waals surface area (Å²) >= 11 is 0. The van der Waals surface area contributed by atoms with Crippen LogP contribution in [0.25, 0.3) is 22.1 Å². The highest BCUT2D eigenvalue weighted by molar-refractivity contribution is 7.92. The first-order valence-corrected chi connectivity index (χ1v) is 29.2. The number of sulfone groups is 4. The average molecular weight is 1030 g/mol. The van der Waals surface area contributed by atoms with Gasteiger partial charge in [-0.1, -0.05) is 41.5 Å². The number of H-pyrrole nitrogens is 1. The van der Waals surface area contributed by atoms with Gasteiger partial charge in [-0.3, -0.25) is 4.79 Å². The maximum absolute atomic E-state index is 13.6. The van der Waals surface area contributed by atoms with Crippen molar-refractivity contribution in [1.82, 2.24) is 29.1 Å². The average Bonchev–Trinajstić information content (AvgIpc) is 3.84. The predicted molar refractivity (Wildman–Crippen MR) is 259 cm³/mol. The number of hydrogen-bond donors (Lipinski definition) is 1. The number of ether oxygens (including phenoxy) is 3. The molecule has 0 aliphatic carbocycles. The van der Waals surface area contributed by atoms with Crippen molar-refractivity contribution < 1.29 is 47.9 Å². The van der Waals surface area contributed by atoms with E-state index in [-0.39, 0.29) is 41.2 Å². The second-order valence-electron chi connectivity index (χ2n) is 19.8. The van der Waals surface area contributed by atoms with Crippen LogP contribution in [0.5, 0.6) is 5.88 Å². The molecular formula is C47H60N6O12S4. The summed E-state index contributed by atoms with van der Waals surface area (Å²) in [6.07, 6.45) is 7.88. The van der Waals surface area contributed by atoms with Crippen molar-refractivity contribution in [2.24, 2.45) is 11.8 Å². The Balaban J connectivity index is 0.000000204. The molecule has 18 nitrogen and oxygen atoms in total. The van der Waals surface area contributed by atoms with Crippen LogP contribution in [0.3, 0.4) is 0 Å². The quantitative estimate of drug-likeness (QED) is 0.154. The molecule has 0 spiro atoms. The molecule has 2 saturated heterocycles. The standard InChI is InChI=1S/C24H31N3O6S2.C23H29N3O6S2/c1-24(2,3)23-26-19-12-17(6-7-20(19)27(23)15-16-8-10-33-11-9-16)35(30,31)21-13-18(34(5,28)29)14-25-22(21)32-4;1-23(2,3)22-25-18-11-16(5-6-19(18)26(22)14-15-7-9-32-10-8-15)34(30,31)20-12-17(33(4,28)29)13-24-21(20)27/h6-7,12-14,16H,8-11,15H2,1-5H3;5-6,11-13,15H,7-10,14H2,1-4H3,(H,24,27). The molecule has 374 valence electrons. The lowest BCUT2D eigenvalue weighted by atomic mass is 9.94. The molecule has 0 radical (unpaired) electrons. The first-order valence-electron chi connectivity index (χ1n) is 22.4. The van der Waals surface area contributed by atoms with Crippen LogP contribution in [0.15, 0.2) is 95.1 Å². The van der Waals surface area contributed by atoms with Crippen LogP contribution in [-0.4, -0.2) is 109 Å². The molecule has 4 aromatic heterocycles. The van der Waals surface area contributed by atoms with E-state index in [1.54, 1.807) is 12.1 Å². The lowest BCUT2D eigenvalue weighted by Gasteiger charge is -2.26. The second kappa shape index (κ2) is 19.3. The lowest BCUT2D eigenvalue weighted by Crippen LogP contribution is -2.25. The van der Waals surface area contributed by atoms with Gasteiger partial charge < -0.3 is 28.3 Å². The SMILES string of the molecule is CC(C)(C)c1nc2cc(S(=O)(=O)c3cc(S(C)(=O)=O)c[nH]c3=O)ccc2n1CC1CCOCC1.COc1ncc(S(C)(=O)=O)cc1S(=O)(=O)c1ccc2c(c1)nc(C(C)(C)C)n2CC1CCOCC1. The molecule has 22 heteroatoms. The Morgan fingerprint density at radius 3 is 1.45 bits per heavy atom. The highest BCUT2D eigenvalue weighted by Crippen LogP contribution is 2.35. The largest absolute Gasteiger partial charge is 0.480 e. The van der Waals surface area contributed by atoms with Crippen molar-refractivity contribution >= 4 is 61.4 Å². The number of fused-ring (bicyclic) bond motifs is 2. The number of rotatable bonds is 11. The van der Waals surface area contributed by atoms with E-state index in [4.69, 9.17) is 24.2 Å². The molecule has 0 bridgehead atoms. The van der Waals surface area contributed by atoms with E-state index >= 15 is 0 Å². The van der Waals surface area contributed by atoms with Crippen LogP contribution in [0.2, 0.25) is 0 Å². The van der Waals surface area contributed by atoms with Crippen LogP contribution in [0, 0.1) is 11.8 Å². The highest BCUT2D eigenvalue weighted by Gasteiger charge is 2.31. The Bertz CT molecular complexity index is 3430. The molecule has 2 aliphatic heterocycles. The Labute approximate surface area is 403 Å². The monoisotopic (exact) mass is 1030 g/mol. The first kappa shape index (κ1) is 51.8. The van der Waals surface area contributed by atoms with Gasteiger partial charge in [0.25, 0.3) is 5.56 Å². The van der Waals surface area contributed by atoms with Gasteiger partial charge in [0.1, 0.15) is 21.4 Å². The van der Waals surface area contributed by atoms with Gasteiger partial charge in [-0.05, 0) is 86.1 Å². The zero-order valence-electron chi connectivity index (χ0n) is 40.3. The van der Waals surface area contributed by atoms with Gasteiger partial charge in [-0.15, -0.1) is 0 Å². The number of benzene rings is 2. The fourth-order valence-electron chi connectivity index (χ4n) is 8.52. The van der Waals surface area contributed by atoms with Gasteiger partial charge in [0, 0.05) is 75.3 Å². The maximum atomic E-state index is 13.6. The number of aromatic amines is 1. The number of pyridine rings is 2. The van der Waals surface area contributed by atoms with Crippen molar-refractivity contribution in [1.29, 1.82) is 0 Å². The molecular weight excluding hydrogens is 969 g/mol. The van der Waals surface area contributed by atoms with E-state index in [1.165, 1.54) is 31.4 Å². The summed E-state index contributed by atoms with van der Waals surface area (Å²) in [4.78, 5) is 26.6. The Kier molecular flexibility index (Phi) is 14.5.